The summed E-state index contributed by atoms with van der Waals surface area (Å²) < 4.78 is 2.12. The van der Waals surface area contributed by atoms with E-state index < -0.39 is 0 Å². The first-order valence-corrected chi connectivity index (χ1v) is 6.47. The monoisotopic (exact) mass is 371 g/mol. The van der Waals surface area contributed by atoms with Crippen molar-refractivity contribution in [2.75, 3.05) is 0 Å². The van der Waals surface area contributed by atoms with Crippen LogP contribution in [0.2, 0.25) is 5.02 Å². The smallest absolute Gasteiger partial charge is 0.268 e. The van der Waals surface area contributed by atoms with Crippen molar-refractivity contribution in [3.05, 3.63) is 60.5 Å². The van der Waals surface area contributed by atoms with Crippen LogP contribution in [0.3, 0.4) is 0 Å². The summed E-state index contributed by atoms with van der Waals surface area (Å²) in [7, 11) is 0. The van der Waals surface area contributed by atoms with Crippen molar-refractivity contribution in [2.45, 2.75) is 6.54 Å². The number of aromatic nitrogens is 2. The summed E-state index contributed by atoms with van der Waals surface area (Å²) in [6.07, 6.45) is 1.61. The maximum absolute atomic E-state index is 11.7. The zero-order chi connectivity index (χ0) is 13.1. The van der Waals surface area contributed by atoms with E-state index in [1.807, 2.05) is 28.7 Å². The number of rotatable bonds is 2. The van der Waals surface area contributed by atoms with Crippen molar-refractivity contribution in [2.24, 2.45) is 0 Å². The van der Waals surface area contributed by atoms with Crippen molar-refractivity contribution in [3.8, 4) is 6.07 Å². The molecular formula is C12H7ClIN3O. The van der Waals surface area contributed by atoms with Crippen molar-refractivity contribution in [1.29, 1.82) is 5.26 Å². The lowest BCUT2D eigenvalue weighted by Gasteiger charge is -2.06. The van der Waals surface area contributed by atoms with Gasteiger partial charge in [-0.3, -0.25) is 4.79 Å². The summed E-state index contributed by atoms with van der Waals surface area (Å²) in [5, 5.41) is 13.2. The summed E-state index contributed by atoms with van der Waals surface area (Å²) in [5.74, 6) is 0. The van der Waals surface area contributed by atoms with Crippen molar-refractivity contribution >= 4 is 34.2 Å². The third-order valence-electron chi connectivity index (χ3n) is 2.34. The van der Waals surface area contributed by atoms with E-state index >= 15 is 0 Å². The SMILES string of the molecule is N#Cc1ccc(Cn2ncc(I)cc2=O)c(Cl)c1. The summed E-state index contributed by atoms with van der Waals surface area (Å²) >= 11 is 8.08. The van der Waals surface area contributed by atoms with E-state index in [1.165, 1.54) is 10.7 Å². The zero-order valence-electron chi connectivity index (χ0n) is 9.10. The van der Waals surface area contributed by atoms with Gasteiger partial charge in [-0.1, -0.05) is 17.7 Å². The summed E-state index contributed by atoms with van der Waals surface area (Å²) in [6, 6.07) is 8.49. The first-order chi connectivity index (χ1) is 8.60. The minimum absolute atomic E-state index is 0.178. The van der Waals surface area contributed by atoms with Gasteiger partial charge in [0.2, 0.25) is 0 Å². The van der Waals surface area contributed by atoms with Gasteiger partial charge < -0.3 is 0 Å². The van der Waals surface area contributed by atoms with Gasteiger partial charge in [-0.05, 0) is 40.3 Å². The van der Waals surface area contributed by atoms with Gasteiger partial charge in [-0.25, -0.2) is 4.68 Å². The predicted octanol–water partition coefficient (Wildman–Crippen LogP) is 2.42. The van der Waals surface area contributed by atoms with E-state index in [0.29, 0.717) is 17.1 Å². The van der Waals surface area contributed by atoms with Crippen LogP contribution in [0.4, 0.5) is 0 Å². The van der Waals surface area contributed by atoms with Crippen molar-refractivity contribution < 1.29 is 0 Å². The Balaban J connectivity index is 2.35. The third kappa shape index (κ3) is 2.89. The topological polar surface area (TPSA) is 58.7 Å². The second-order valence-electron chi connectivity index (χ2n) is 3.59. The molecule has 0 N–H and O–H groups in total. The Morgan fingerprint density at radius 1 is 1.44 bits per heavy atom. The maximum Gasteiger partial charge on any atom is 0.268 e. The Morgan fingerprint density at radius 3 is 2.83 bits per heavy atom. The second-order valence-corrected chi connectivity index (χ2v) is 5.24. The average molecular weight is 372 g/mol. The van der Waals surface area contributed by atoms with Crippen LogP contribution in [0.1, 0.15) is 11.1 Å². The number of hydrogen-bond acceptors (Lipinski definition) is 3. The van der Waals surface area contributed by atoms with E-state index in [0.717, 1.165) is 9.13 Å². The fourth-order valence-corrected chi connectivity index (χ4v) is 2.07. The van der Waals surface area contributed by atoms with Gasteiger partial charge in [0.05, 0.1) is 24.4 Å². The molecular weight excluding hydrogens is 365 g/mol. The second kappa shape index (κ2) is 5.50. The van der Waals surface area contributed by atoms with Gasteiger partial charge in [-0.15, -0.1) is 0 Å². The van der Waals surface area contributed by atoms with Crippen molar-refractivity contribution in [3.63, 3.8) is 0 Å². The molecule has 0 spiro atoms. The van der Waals surface area contributed by atoms with Crippen molar-refractivity contribution in [1.82, 2.24) is 9.78 Å². The molecule has 0 saturated heterocycles. The highest BCUT2D eigenvalue weighted by Crippen LogP contribution is 2.18. The van der Waals surface area contributed by atoms with E-state index in [1.54, 1.807) is 24.4 Å². The first kappa shape index (κ1) is 13.1. The molecule has 0 bridgehead atoms. The molecule has 1 aromatic carbocycles. The van der Waals surface area contributed by atoms with E-state index in [-0.39, 0.29) is 5.56 Å². The molecule has 4 nitrogen and oxygen atoms in total. The lowest BCUT2D eigenvalue weighted by molar-refractivity contribution is 0.637. The molecule has 0 amide bonds. The van der Waals surface area contributed by atoms with E-state index in [2.05, 4.69) is 5.10 Å². The molecule has 1 heterocycles. The van der Waals surface area contributed by atoms with Gasteiger partial charge in [-0.2, -0.15) is 10.4 Å². The Morgan fingerprint density at radius 2 is 2.22 bits per heavy atom. The van der Waals surface area contributed by atoms with Gasteiger partial charge >= 0.3 is 0 Å². The molecule has 6 heteroatoms. The molecule has 0 unspecified atom stereocenters. The Labute approximate surface area is 122 Å². The molecule has 0 radical (unpaired) electrons. The van der Waals surface area contributed by atoms with E-state index in [9.17, 15) is 4.79 Å². The quantitative estimate of drug-likeness (QED) is 0.762. The number of nitrogens with zero attached hydrogens (tertiary/aromatic N) is 3. The standard InChI is InChI=1S/C12H7ClIN3O/c13-11-3-8(5-15)1-2-9(11)7-17-12(18)4-10(14)6-16-17/h1-4,6H,7H2. The Hall–Kier alpha value is -1.39. The fraction of sp³-hybridized carbons (Fsp3) is 0.0833. The first-order valence-electron chi connectivity index (χ1n) is 5.01. The minimum Gasteiger partial charge on any atom is -0.268 e. The van der Waals surface area contributed by atoms with Crippen LogP contribution in [0.25, 0.3) is 0 Å². The zero-order valence-corrected chi connectivity index (χ0v) is 12.0. The van der Waals surface area contributed by atoms with Crippen LogP contribution >= 0.6 is 34.2 Å². The van der Waals surface area contributed by atoms with Crippen LogP contribution in [-0.4, -0.2) is 9.78 Å². The summed E-state index contributed by atoms with van der Waals surface area (Å²) in [5.41, 5.74) is 1.07. The molecule has 1 aromatic heterocycles. The number of nitriles is 1. The lowest BCUT2D eigenvalue weighted by atomic mass is 10.1. The molecule has 0 aliphatic rings. The maximum atomic E-state index is 11.7. The summed E-state index contributed by atoms with van der Waals surface area (Å²) in [4.78, 5) is 11.7. The molecule has 0 aliphatic carbocycles. The molecule has 18 heavy (non-hydrogen) atoms. The highest BCUT2D eigenvalue weighted by Gasteiger charge is 2.05. The van der Waals surface area contributed by atoms with Crippen LogP contribution in [0, 0.1) is 14.9 Å². The fourth-order valence-electron chi connectivity index (χ4n) is 1.44. The summed E-state index contributed by atoms with van der Waals surface area (Å²) in [6.45, 7) is 0.292. The molecule has 90 valence electrons. The van der Waals surface area contributed by atoms with Crippen LogP contribution in [0.5, 0.6) is 0 Å². The van der Waals surface area contributed by atoms with Gasteiger partial charge in [0.25, 0.3) is 5.56 Å². The average Bonchev–Trinajstić information content (AvgIpc) is 2.34. The van der Waals surface area contributed by atoms with Gasteiger partial charge in [0, 0.05) is 14.7 Å². The highest BCUT2D eigenvalue weighted by molar-refractivity contribution is 14.1. The Kier molecular flexibility index (Phi) is 3.99. The molecule has 0 aliphatic heterocycles. The lowest BCUT2D eigenvalue weighted by Crippen LogP contribution is -2.22. The normalized spacial score (nSPS) is 10.1. The van der Waals surface area contributed by atoms with E-state index in [4.69, 9.17) is 16.9 Å². The minimum atomic E-state index is -0.178. The molecule has 0 atom stereocenters. The van der Waals surface area contributed by atoms with Crippen LogP contribution < -0.4 is 5.56 Å². The number of benzene rings is 1. The highest BCUT2D eigenvalue weighted by atomic mass is 127. The predicted molar refractivity (Wildman–Crippen MR) is 76.5 cm³/mol. The molecule has 0 fully saturated rings. The van der Waals surface area contributed by atoms with Gasteiger partial charge in [0.1, 0.15) is 0 Å². The third-order valence-corrected chi connectivity index (χ3v) is 3.28. The van der Waals surface area contributed by atoms with Gasteiger partial charge in [0.15, 0.2) is 0 Å². The number of hydrogen-bond donors (Lipinski definition) is 0. The van der Waals surface area contributed by atoms with Crippen LogP contribution in [0.15, 0.2) is 35.3 Å². The molecule has 2 aromatic rings. The Bertz CT molecular complexity index is 690. The number of halogens is 2. The molecule has 2 rings (SSSR count). The largest absolute Gasteiger partial charge is 0.268 e. The van der Waals surface area contributed by atoms with Crippen LogP contribution in [-0.2, 0) is 6.54 Å². The molecule has 0 saturated carbocycles.